The average molecular weight is 373 g/mol. The van der Waals surface area contributed by atoms with Crippen molar-refractivity contribution in [1.82, 2.24) is 25.0 Å². The van der Waals surface area contributed by atoms with Crippen molar-refractivity contribution in [3.63, 3.8) is 0 Å². The molecule has 1 N–H and O–H groups in total. The monoisotopic (exact) mass is 373 g/mol. The average Bonchev–Trinajstić information content (AvgIpc) is 3.24. The van der Waals surface area contributed by atoms with E-state index in [1.165, 1.54) is 12.7 Å². The standard InChI is InChI=1S/C19H27N5O3/c1-13(2)17(20-18(25)14-8-7-11-27-14)19(26)23(3)12-16-22-21-15-9-5-4-6-10-24(15)16/h7-8,11,13,17H,4-6,9-10,12H2,1-3H3,(H,20,25)/t17-/m1/s1. The van der Waals surface area contributed by atoms with Gasteiger partial charge in [0.15, 0.2) is 11.6 Å². The molecule has 1 atom stereocenters. The van der Waals surface area contributed by atoms with E-state index in [4.69, 9.17) is 4.42 Å². The van der Waals surface area contributed by atoms with Gasteiger partial charge in [0.05, 0.1) is 12.8 Å². The Balaban J connectivity index is 1.69. The quantitative estimate of drug-likeness (QED) is 0.836. The van der Waals surface area contributed by atoms with Crippen molar-refractivity contribution in [2.75, 3.05) is 7.05 Å². The number of fused-ring (bicyclic) bond motifs is 1. The van der Waals surface area contributed by atoms with Gasteiger partial charge in [-0.1, -0.05) is 20.3 Å². The van der Waals surface area contributed by atoms with E-state index in [1.54, 1.807) is 24.1 Å². The van der Waals surface area contributed by atoms with Crippen LogP contribution in [0.1, 0.15) is 55.3 Å². The van der Waals surface area contributed by atoms with Crippen LogP contribution in [0.25, 0.3) is 0 Å². The number of furan rings is 1. The molecule has 3 rings (SSSR count). The van der Waals surface area contributed by atoms with Crippen LogP contribution < -0.4 is 5.32 Å². The molecule has 3 heterocycles. The fourth-order valence-electron chi connectivity index (χ4n) is 3.32. The van der Waals surface area contributed by atoms with Crippen molar-refractivity contribution < 1.29 is 14.0 Å². The van der Waals surface area contributed by atoms with E-state index >= 15 is 0 Å². The molecular weight excluding hydrogens is 346 g/mol. The molecule has 0 saturated carbocycles. The highest BCUT2D eigenvalue weighted by atomic mass is 16.3. The van der Waals surface area contributed by atoms with Gasteiger partial charge < -0.3 is 19.2 Å². The van der Waals surface area contributed by atoms with Crippen LogP contribution in [0, 0.1) is 5.92 Å². The molecular formula is C19H27N5O3. The Hall–Kier alpha value is -2.64. The van der Waals surface area contributed by atoms with Gasteiger partial charge in [0.25, 0.3) is 5.91 Å². The number of rotatable bonds is 6. The van der Waals surface area contributed by atoms with E-state index in [0.717, 1.165) is 37.5 Å². The van der Waals surface area contributed by atoms with Gasteiger partial charge >= 0.3 is 0 Å². The highest BCUT2D eigenvalue weighted by molar-refractivity contribution is 5.95. The maximum atomic E-state index is 13.0. The van der Waals surface area contributed by atoms with Crippen molar-refractivity contribution in [3.05, 3.63) is 35.8 Å². The Morgan fingerprint density at radius 1 is 1.30 bits per heavy atom. The molecule has 2 aromatic heterocycles. The minimum atomic E-state index is -0.640. The molecule has 0 unspecified atom stereocenters. The van der Waals surface area contributed by atoms with Gasteiger partial charge in [0, 0.05) is 20.0 Å². The van der Waals surface area contributed by atoms with Crippen molar-refractivity contribution in [2.24, 2.45) is 5.92 Å². The number of likely N-dealkylation sites (N-methyl/N-ethyl adjacent to an activating group) is 1. The molecule has 8 nitrogen and oxygen atoms in total. The zero-order valence-corrected chi connectivity index (χ0v) is 16.1. The predicted octanol–water partition coefficient (Wildman–Crippen LogP) is 2.01. The zero-order valence-electron chi connectivity index (χ0n) is 16.1. The molecule has 1 aliphatic heterocycles. The third kappa shape index (κ3) is 4.37. The lowest BCUT2D eigenvalue weighted by Crippen LogP contribution is -2.50. The molecule has 0 saturated heterocycles. The molecule has 146 valence electrons. The van der Waals surface area contributed by atoms with Gasteiger partial charge in [0.1, 0.15) is 11.9 Å². The summed E-state index contributed by atoms with van der Waals surface area (Å²) in [5.74, 6) is 1.37. The van der Waals surface area contributed by atoms with E-state index in [2.05, 4.69) is 20.1 Å². The first-order valence-corrected chi connectivity index (χ1v) is 9.47. The largest absolute Gasteiger partial charge is 0.459 e. The van der Waals surface area contributed by atoms with Crippen LogP contribution in [0.4, 0.5) is 0 Å². The van der Waals surface area contributed by atoms with Crippen LogP contribution in [0.15, 0.2) is 22.8 Å². The zero-order chi connectivity index (χ0) is 19.4. The fourth-order valence-corrected chi connectivity index (χ4v) is 3.32. The van der Waals surface area contributed by atoms with Gasteiger partial charge in [-0.15, -0.1) is 10.2 Å². The summed E-state index contributed by atoms with van der Waals surface area (Å²) < 4.78 is 7.24. The Bertz CT molecular complexity index is 781. The number of aromatic nitrogens is 3. The van der Waals surface area contributed by atoms with Crippen molar-refractivity contribution >= 4 is 11.8 Å². The molecule has 1 aliphatic rings. The molecule has 2 aromatic rings. The first-order chi connectivity index (χ1) is 13.0. The maximum absolute atomic E-state index is 13.0. The Labute approximate surface area is 158 Å². The summed E-state index contributed by atoms with van der Waals surface area (Å²) in [6.07, 6.45) is 5.78. The lowest BCUT2D eigenvalue weighted by Gasteiger charge is -2.26. The number of carbonyl (C=O) groups is 2. The maximum Gasteiger partial charge on any atom is 0.287 e. The summed E-state index contributed by atoms with van der Waals surface area (Å²) in [4.78, 5) is 26.9. The van der Waals surface area contributed by atoms with Crippen LogP contribution in [-0.2, 0) is 24.3 Å². The molecule has 0 aromatic carbocycles. The van der Waals surface area contributed by atoms with Crippen LogP contribution in [0.3, 0.4) is 0 Å². The van der Waals surface area contributed by atoms with Crippen LogP contribution in [0.5, 0.6) is 0 Å². The topological polar surface area (TPSA) is 93.3 Å². The van der Waals surface area contributed by atoms with Gasteiger partial charge in [-0.05, 0) is 30.9 Å². The Morgan fingerprint density at radius 3 is 2.81 bits per heavy atom. The van der Waals surface area contributed by atoms with E-state index in [9.17, 15) is 9.59 Å². The number of aryl methyl sites for hydroxylation is 1. The minimum Gasteiger partial charge on any atom is -0.459 e. The van der Waals surface area contributed by atoms with Gasteiger partial charge in [0.2, 0.25) is 5.91 Å². The normalized spacial score (nSPS) is 15.1. The molecule has 0 spiro atoms. The fraction of sp³-hybridized carbons (Fsp3) is 0.579. The number of carbonyl (C=O) groups excluding carboxylic acids is 2. The van der Waals surface area contributed by atoms with E-state index in [-0.39, 0.29) is 17.6 Å². The van der Waals surface area contributed by atoms with Crippen LogP contribution in [-0.4, -0.2) is 44.6 Å². The first kappa shape index (κ1) is 19.1. The highest BCUT2D eigenvalue weighted by Gasteiger charge is 2.29. The van der Waals surface area contributed by atoms with Crippen molar-refractivity contribution in [1.29, 1.82) is 0 Å². The summed E-state index contributed by atoms with van der Waals surface area (Å²) in [6.45, 7) is 5.07. The van der Waals surface area contributed by atoms with Crippen LogP contribution >= 0.6 is 0 Å². The third-order valence-electron chi connectivity index (χ3n) is 4.91. The number of nitrogens with zero attached hydrogens (tertiary/aromatic N) is 4. The van der Waals surface area contributed by atoms with Gasteiger partial charge in [-0.3, -0.25) is 9.59 Å². The predicted molar refractivity (Wildman–Crippen MR) is 98.9 cm³/mol. The van der Waals surface area contributed by atoms with Gasteiger partial charge in [-0.2, -0.15) is 0 Å². The SMILES string of the molecule is CC(C)[C@@H](NC(=O)c1ccco1)C(=O)N(C)Cc1nnc2n1CCCCC2. The summed E-state index contributed by atoms with van der Waals surface area (Å²) in [6, 6.07) is 2.58. The highest BCUT2D eigenvalue weighted by Crippen LogP contribution is 2.16. The number of hydrogen-bond acceptors (Lipinski definition) is 5. The van der Waals surface area contributed by atoms with Crippen molar-refractivity contribution in [2.45, 2.75) is 58.7 Å². The summed E-state index contributed by atoms with van der Waals surface area (Å²) in [7, 11) is 1.73. The first-order valence-electron chi connectivity index (χ1n) is 9.47. The van der Waals surface area contributed by atoms with E-state index in [0.29, 0.717) is 6.54 Å². The smallest absolute Gasteiger partial charge is 0.287 e. The molecule has 0 bridgehead atoms. The Morgan fingerprint density at radius 2 is 2.11 bits per heavy atom. The lowest BCUT2D eigenvalue weighted by molar-refractivity contribution is -0.133. The second-order valence-corrected chi connectivity index (χ2v) is 7.36. The number of hydrogen-bond donors (Lipinski definition) is 1. The molecule has 0 radical (unpaired) electrons. The van der Waals surface area contributed by atoms with E-state index < -0.39 is 11.9 Å². The second-order valence-electron chi connectivity index (χ2n) is 7.36. The number of amides is 2. The summed E-state index contributed by atoms with van der Waals surface area (Å²) in [5.41, 5.74) is 0. The van der Waals surface area contributed by atoms with Gasteiger partial charge in [-0.25, -0.2) is 0 Å². The molecule has 27 heavy (non-hydrogen) atoms. The van der Waals surface area contributed by atoms with E-state index in [1.807, 2.05) is 13.8 Å². The lowest BCUT2D eigenvalue weighted by atomic mass is 10.0. The minimum absolute atomic E-state index is 0.0608. The third-order valence-corrected chi connectivity index (χ3v) is 4.91. The molecule has 0 aliphatic carbocycles. The molecule has 0 fully saturated rings. The summed E-state index contributed by atoms with van der Waals surface area (Å²) >= 11 is 0. The molecule has 8 heteroatoms. The Kier molecular flexibility index (Phi) is 5.93. The second kappa shape index (κ2) is 8.37. The number of nitrogens with one attached hydrogen (secondary N) is 1. The summed E-state index contributed by atoms with van der Waals surface area (Å²) in [5, 5.41) is 11.4. The van der Waals surface area contributed by atoms with Crippen LogP contribution in [0.2, 0.25) is 0 Å². The molecule has 2 amide bonds. The van der Waals surface area contributed by atoms with Crippen molar-refractivity contribution in [3.8, 4) is 0 Å².